The van der Waals surface area contributed by atoms with Crippen molar-refractivity contribution in [2.45, 2.75) is 25.2 Å². The number of nitrogens with one attached hydrogen (secondary N) is 1. The number of amides is 1. The van der Waals surface area contributed by atoms with Crippen LogP contribution in [0.2, 0.25) is 0 Å². The summed E-state index contributed by atoms with van der Waals surface area (Å²) in [6.07, 6.45) is -0.00405. The number of carbonyl (C=O) groups is 1. The number of sulfonamides is 1. The van der Waals surface area contributed by atoms with Crippen molar-refractivity contribution in [1.29, 1.82) is 0 Å². The van der Waals surface area contributed by atoms with E-state index in [0.29, 0.717) is 18.3 Å². The summed E-state index contributed by atoms with van der Waals surface area (Å²) in [4.78, 5) is 11.6. The highest BCUT2D eigenvalue weighted by Crippen LogP contribution is 2.16. The van der Waals surface area contributed by atoms with Crippen LogP contribution in [-0.2, 0) is 19.6 Å². The van der Waals surface area contributed by atoms with Crippen LogP contribution in [0.15, 0.2) is 29.2 Å². The Hall–Kier alpha value is -1.60. The molecule has 0 atom stereocenters. The number of benzene rings is 1. The summed E-state index contributed by atoms with van der Waals surface area (Å²) in [5.41, 5.74) is 0. The van der Waals surface area contributed by atoms with Gasteiger partial charge in [-0.2, -0.15) is 0 Å². The zero-order valence-electron chi connectivity index (χ0n) is 12.5. The monoisotopic (exact) mass is 315 g/mol. The Morgan fingerprint density at radius 3 is 2.67 bits per heavy atom. The molecule has 0 aliphatic heterocycles. The normalized spacial score (nSPS) is 11.4. The van der Waals surface area contributed by atoms with Gasteiger partial charge in [-0.15, -0.1) is 0 Å². The Morgan fingerprint density at radius 1 is 1.33 bits per heavy atom. The average molecular weight is 315 g/mol. The lowest BCUT2D eigenvalue weighted by molar-refractivity contribution is -0.120. The first-order chi connectivity index (χ1) is 9.85. The zero-order valence-corrected chi connectivity index (χ0v) is 13.3. The van der Waals surface area contributed by atoms with Gasteiger partial charge in [0.15, 0.2) is 0 Å². The fourth-order valence-corrected chi connectivity index (χ4v) is 2.56. The van der Waals surface area contributed by atoms with Gasteiger partial charge in [-0.3, -0.25) is 4.79 Å². The minimum Gasteiger partial charge on any atom is -0.497 e. The highest BCUT2D eigenvalue weighted by atomic mass is 32.2. The minimum absolute atomic E-state index is 0.00405. The van der Waals surface area contributed by atoms with Crippen LogP contribution in [0.5, 0.6) is 5.75 Å². The average Bonchev–Trinajstić information content (AvgIpc) is 2.43. The molecule has 0 saturated carbocycles. The van der Waals surface area contributed by atoms with Gasteiger partial charge in [-0.05, 0) is 18.1 Å². The fraction of sp³-hybridized carbons (Fsp3) is 0.500. The number of ether oxygens (including phenoxy) is 2. The predicted molar refractivity (Wildman–Crippen MR) is 78.6 cm³/mol. The number of carbonyl (C=O) groups excluding carboxylic acids is 1. The number of hydrogen-bond donors (Lipinski definition) is 1. The maximum atomic E-state index is 12.0. The Kier molecular flexibility index (Phi) is 6.64. The molecule has 0 radical (unpaired) electrons. The van der Waals surface area contributed by atoms with Gasteiger partial charge in [-0.1, -0.05) is 19.9 Å². The van der Waals surface area contributed by atoms with Crippen molar-refractivity contribution < 1.29 is 22.7 Å². The quantitative estimate of drug-likeness (QED) is 0.736. The summed E-state index contributed by atoms with van der Waals surface area (Å²) in [5, 5.41) is 0. The van der Waals surface area contributed by atoms with Gasteiger partial charge in [0.05, 0.1) is 25.0 Å². The molecule has 1 rings (SSSR count). The van der Waals surface area contributed by atoms with Crippen LogP contribution in [0, 0.1) is 5.92 Å². The third-order valence-electron chi connectivity index (χ3n) is 2.52. The second kappa shape index (κ2) is 7.99. The standard InChI is InChI=1S/C14H21NO5S/c1-11(2)10-20-8-7-14(16)15-21(17,18)13-6-4-5-12(9-13)19-3/h4-6,9,11H,7-8,10H2,1-3H3,(H,15,16). The summed E-state index contributed by atoms with van der Waals surface area (Å²) in [6.45, 7) is 4.72. The smallest absolute Gasteiger partial charge is 0.264 e. The van der Waals surface area contributed by atoms with Crippen LogP contribution < -0.4 is 9.46 Å². The van der Waals surface area contributed by atoms with Gasteiger partial charge in [0.1, 0.15) is 5.75 Å². The number of hydrogen-bond acceptors (Lipinski definition) is 5. The second-order valence-electron chi connectivity index (χ2n) is 4.93. The highest BCUT2D eigenvalue weighted by molar-refractivity contribution is 7.90. The van der Waals surface area contributed by atoms with E-state index in [0.717, 1.165) is 0 Å². The van der Waals surface area contributed by atoms with Crippen molar-refractivity contribution >= 4 is 15.9 Å². The molecule has 1 aromatic carbocycles. The molecule has 0 bridgehead atoms. The first kappa shape index (κ1) is 17.5. The van der Waals surface area contributed by atoms with Gasteiger partial charge in [0, 0.05) is 12.7 Å². The Balaban J connectivity index is 2.57. The van der Waals surface area contributed by atoms with Gasteiger partial charge in [0.25, 0.3) is 10.0 Å². The van der Waals surface area contributed by atoms with Crippen LogP contribution in [0.25, 0.3) is 0 Å². The molecule has 21 heavy (non-hydrogen) atoms. The SMILES string of the molecule is COc1cccc(S(=O)(=O)NC(=O)CCOCC(C)C)c1. The summed E-state index contributed by atoms with van der Waals surface area (Å²) >= 11 is 0. The van der Waals surface area contributed by atoms with Crippen LogP contribution >= 0.6 is 0 Å². The van der Waals surface area contributed by atoms with Crippen molar-refractivity contribution in [1.82, 2.24) is 4.72 Å². The van der Waals surface area contributed by atoms with E-state index in [1.165, 1.54) is 19.2 Å². The van der Waals surface area contributed by atoms with Crippen LogP contribution in [0.4, 0.5) is 0 Å². The van der Waals surface area contributed by atoms with E-state index >= 15 is 0 Å². The molecule has 0 unspecified atom stereocenters. The van der Waals surface area contributed by atoms with E-state index < -0.39 is 15.9 Å². The first-order valence-electron chi connectivity index (χ1n) is 6.62. The molecule has 1 amide bonds. The summed E-state index contributed by atoms with van der Waals surface area (Å²) < 4.78 is 36.3. The summed E-state index contributed by atoms with van der Waals surface area (Å²) in [7, 11) is -2.44. The molecule has 0 heterocycles. The van der Waals surface area contributed by atoms with Gasteiger partial charge in [0.2, 0.25) is 5.91 Å². The first-order valence-corrected chi connectivity index (χ1v) is 8.11. The van der Waals surface area contributed by atoms with Crippen molar-refractivity contribution in [3.8, 4) is 5.75 Å². The van der Waals surface area contributed by atoms with E-state index in [2.05, 4.69) is 0 Å². The van der Waals surface area contributed by atoms with Crippen LogP contribution in [0.1, 0.15) is 20.3 Å². The Labute approximate surface area is 125 Å². The third kappa shape index (κ3) is 6.14. The molecule has 0 spiro atoms. The van der Waals surface area contributed by atoms with Gasteiger partial charge < -0.3 is 9.47 Å². The van der Waals surface area contributed by atoms with Crippen molar-refractivity contribution in [3.05, 3.63) is 24.3 Å². The lowest BCUT2D eigenvalue weighted by Crippen LogP contribution is -2.31. The largest absolute Gasteiger partial charge is 0.497 e. The maximum Gasteiger partial charge on any atom is 0.264 e. The number of methoxy groups -OCH3 is 1. The van der Waals surface area contributed by atoms with E-state index in [4.69, 9.17) is 9.47 Å². The Bertz CT molecular complexity index is 568. The van der Waals surface area contributed by atoms with E-state index in [9.17, 15) is 13.2 Å². The fourth-order valence-electron chi connectivity index (χ4n) is 1.51. The molecule has 0 saturated heterocycles. The van der Waals surface area contributed by atoms with Gasteiger partial charge in [-0.25, -0.2) is 13.1 Å². The molecule has 0 aromatic heterocycles. The maximum absolute atomic E-state index is 12.0. The van der Waals surface area contributed by atoms with E-state index in [1.807, 2.05) is 18.6 Å². The third-order valence-corrected chi connectivity index (χ3v) is 3.90. The molecule has 6 nitrogen and oxygen atoms in total. The van der Waals surface area contributed by atoms with Crippen LogP contribution in [-0.4, -0.2) is 34.6 Å². The second-order valence-corrected chi connectivity index (χ2v) is 6.61. The molecular formula is C14H21NO5S. The lowest BCUT2D eigenvalue weighted by Gasteiger charge is -2.09. The van der Waals surface area contributed by atoms with E-state index in [-0.39, 0.29) is 17.9 Å². The minimum atomic E-state index is -3.88. The molecule has 0 fully saturated rings. The molecule has 1 aromatic rings. The highest BCUT2D eigenvalue weighted by Gasteiger charge is 2.17. The molecule has 7 heteroatoms. The molecule has 118 valence electrons. The lowest BCUT2D eigenvalue weighted by atomic mass is 10.2. The van der Waals surface area contributed by atoms with Crippen molar-refractivity contribution in [2.75, 3.05) is 20.3 Å². The topological polar surface area (TPSA) is 81.7 Å². The molecule has 1 N–H and O–H groups in total. The Morgan fingerprint density at radius 2 is 2.05 bits per heavy atom. The van der Waals surface area contributed by atoms with Crippen molar-refractivity contribution in [2.24, 2.45) is 5.92 Å². The molecular weight excluding hydrogens is 294 g/mol. The summed E-state index contributed by atoms with van der Waals surface area (Å²) in [6, 6.07) is 5.92. The zero-order chi connectivity index (χ0) is 15.9. The molecule has 0 aliphatic carbocycles. The predicted octanol–water partition coefficient (Wildman–Crippen LogP) is 1.56. The van der Waals surface area contributed by atoms with Gasteiger partial charge >= 0.3 is 0 Å². The van der Waals surface area contributed by atoms with Crippen LogP contribution in [0.3, 0.4) is 0 Å². The van der Waals surface area contributed by atoms with E-state index in [1.54, 1.807) is 12.1 Å². The summed E-state index contributed by atoms with van der Waals surface area (Å²) in [5.74, 6) is 0.181. The number of rotatable bonds is 8. The molecule has 0 aliphatic rings. The van der Waals surface area contributed by atoms with Crippen molar-refractivity contribution in [3.63, 3.8) is 0 Å².